The van der Waals surface area contributed by atoms with Crippen LogP contribution in [0.25, 0.3) is 0 Å². The van der Waals surface area contributed by atoms with E-state index >= 15 is 0 Å². The third-order valence-corrected chi connectivity index (χ3v) is 3.50. The lowest BCUT2D eigenvalue weighted by molar-refractivity contribution is 0.110. The summed E-state index contributed by atoms with van der Waals surface area (Å²) in [6.45, 7) is 5.64. The molecule has 0 spiro atoms. The van der Waals surface area contributed by atoms with Crippen LogP contribution in [0.2, 0.25) is 0 Å². The first-order valence-corrected chi connectivity index (χ1v) is 6.17. The lowest BCUT2D eigenvalue weighted by atomic mass is 9.92. The van der Waals surface area contributed by atoms with Crippen LogP contribution in [0.4, 0.5) is 0 Å². The Morgan fingerprint density at radius 2 is 2.00 bits per heavy atom. The van der Waals surface area contributed by atoms with Crippen LogP contribution >= 0.6 is 0 Å². The molecular weight excluding hydrogens is 174 g/mol. The summed E-state index contributed by atoms with van der Waals surface area (Å²) >= 11 is 0. The molecule has 84 valence electrons. The van der Waals surface area contributed by atoms with Gasteiger partial charge in [-0.1, -0.05) is 26.7 Å². The Labute approximate surface area is 88.1 Å². The van der Waals surface area contributed by atoms with E-state index in [1.807, 2.05) is 0 Å². The summed E-state index contributed by atoms with van der Waals surface area (Å²) in [6, 6.07) is 0.569. The molecule has 0 saturated heterocycles. The molecular formula is C12H25NO. The average molecular weight is 199 g/mol. The van der Waals surface area contributed by atoms with Crippen LogP contribution in [0.1, 0.15) is 52.4 Å². The minimum atomic E-state index is -0.0528. The zero-order chi connectivity index (χ0) is 10.4. The molecule has 0 bridgehead atoms. The Morgan fingerprint density at radius 3 is 2.57 bits per heavy atom. The summed E-state index contributed by atoms with van der Waals surface area (Å²) in [5.74, 6) is 0.814. The minimum Gasteiger partial charge on any atom is -0.393 e. The first-order chi connectivity index (χ1) is 6.76. The van der Waals surface area contributed by atoms with Gasteiger partial charge in [0.15, 0.2) is 0 Å². The van der Waals surface area contributed by atoms with Gasteiger partial charge >= 0.3 is 0 Å². The van der Waals surface area contributed by atoms with Gasteiger partial charge < -0.3 is 10.4 Å². The molecule has 14 heavy (non-hydrogen) atoms. The van der Waals surface area contributed by atoms with E-state index in [1.54, 1.807) is 0 Å². The van der Waals surface area contributed by atoms with Crippen LogP contribution in [0.3, 0.4) is 0 Å². The van der Waals surface area contributed by atoms with Crippen molar-refractivity contribution in [3.63, 3.8) is 0 Å². The minimum absolute atomic E-state index is 0.0528. The molecule has 2 heteroatoms. The molecule has 0 radical (unpaired) electrons. The van der Waals surface area contributed by atoms with Crippen LogP contribution in [0, 0.1) is 5.92 Å². The topological polar surface area (TPSA) is 32.3 Å². The van der Waals surface area contributed by atoms with Gasteiger partial charge in [0, 0.05) is 6.04 Å². The third kappa shape index (κ3) is 3.97. The summed E-state index contributed by atoms with van der Waals surface area (Å²) in [6.07, 6.45) is 6.86. The Balaban J connectivity index is 2.16. The van der Waals surface area contributed by atoms with Gasteiger partial charge in [0.2, 0.25) is 0 Å². The lowest BCUT2D eigenvalue weighted by Gasteiger charge is -2.28. The van der Waals surface area contributed by atoms with Gasteiger partial charge in [0.05, 0.1) is 6.10 Å². The van der Waals surface area contributed by atoms with Crippen LogP contribution in [-0.2, 0) is 0 Å². The highest BCUT2D eigenvalue weighted by Gasteiger charge is 2.19. The predicted molar refractivity (Wildman–Crippen MR) is 60.3 cm³/mol. The molecule has 0 aromatic heterocycles. The average Bonchev–Trinajstić information content (AvgIpc) is 2.19. The van der Waals surface area contributed by atoms with E-state index in [0.717, 1.165) is 25.3 Å². The van der Waals surface area contributed by atoms with Crippen LogP contribution in [-0.4, -0.2) is 23.8 Å². The molecule has 0 aliphatic heterocycles. The van der Waals surface area contributed by atoms with Gasteiger partial charge in [0.25, 0.3) is 0 Å². The zero-order valence-electron chi connectivity index (χ0n) is 9.63. The van der Waals surface area contributed by atoms with Crippen molar-refractivity contribution >= 4 is 0 Å². The molecule has 1 aliphatic rings. The SMILES string of the molecule is CCC(CC)CNC1CCCC(O)C1. The molecule has 1 fully saturated rings. The monoisotopic (exact) mass is 199 g/mol. The fourth-order valence-electron chi connectivity index (χ4n) is 2.26. The Bertz CT molecular complexity index is 145. The van der Waals surface area contributed by atoms with Gasteiger partial charge in [-0.3, -0.25) is 0 Å². The first-order valence-electron chi connectivity index (χ1n) is 6.17. The van der Waals surface area contributed by atoms with E-state index in [1.165, 1.54) is 25.7 Å². The molecule has 0 aromatic rings. The predicted octanol–water partition coefficient (Wildman–Crippen LogP) is 2.32. The van der Waals surface area contributed by atoms with Crippen LogP contribution in [0.5, 0.6) is 0 Å². The smallest absolute Gasteiger partial charge is 0.0555 e. The highest BCUT2D eigenvalue weighted by atomic mass is 16.3. The fraction of sp³-hybridized carbons (Fsp3) is 1.00. The maximum absolute atomic E-state index is 9.52. The summed E-state index contributed by atoms with van der Waals surface area (Å²) in [7, 11) is 0. The summed E-state index contributed by atoms with van der Waals surface area (Å²) in [4.78, 5) is 0. The van der Waals surface area contributed by atoms with Gasteiger partial charge in [-0.05, 0) is 38.1 Å². The summed E-state index contributed by atoms with van der Waals surface area (Å²) in [5.41, 5.74) is 0. The lowest BCUT2D eigenvalue weighted by Crippen LogP contribution is -2.38. The molecule has 0 aromatic carbocycles. The number of aliphatic hydroxyl groups is 1. The summed E-state index contributed by atoms with van der Waals surface area (Å²) < 4.78 is 0. The Kier molecular flexibility index (Phi) is 5.49. The Morgan fingerprint density at radius 1 is 1.29 bits per heavy atom. The van der Waals surface area contributed by atoms with Crippen molar-refractivity contribution in [2.75, 3.05) is 6.54 Å². The molecule has 1 saturated carbocycles. The maximum atomic E-state index is 9.52. The number of rotatable bonds is 5. The van der Waals surface area contributed by atoms with Gasteiger partial charge in [0.1, 0.15) is 0 Å². The van der Waals surface area contributed by atoms with E-state index in [0.29, 0.717) is 6.04 Å². The number of hydrogen-bond donors (Lipinski definition) is 2. The van der Waals surface area contributed by atoms with Crippen molar-refractivity contribution in [3.8, 4) is 0 Å². The third-order valence-electron chi connectivity index (χ3n) is 3.50. The van der Waals surface area contributed by atoms with E-state index in [-0.39, 0.29) is 6.10 Å². The molecule has 2 N–H and O–H groups in total. The van der Waals surface area contributed by atoms with E-state index in [2.05, 4.69) is 19.2 Å². The molecule has 2 unspecified atom stereocenters. The number of aliphatic hydroxyl groups excluding tert-OH is 1. The van der Waals surface area contributed by atoms with Gasteiger partial charge in [-0.2, -0.15) is 0 Å². The second kappa shape index (κ2) is 6.41. The van der Waals surface area contributed by atoms with E-state index < -0.39 is 0 Å². The standard InChI is InChI=1S/C12H25NO/c1-3-10(4-2)9-13-11-6-5-7-12(14)8-11/h10-14H,3-9H2,1-2H3. The van der Waals surface area contributed by atoms with Crippen molar-refractivity contribution in [2.45, 2.75) is 64.5 Å². The molecule has 2 atom stereocenters. The van der Waals surface area contributed by atoms with E-state index in [9.17, 15) is 5.11 Å². The van der Waals surface area contributed by atoms with Crippen molar-refractivity contribution in [3.05, 3.63) is 0 Å². The number of hydrogen-bond acceptors (Lipinski definition) is 2. The van der Waals surface area contributed by atoms with Crippen molar-refractivity contribution in [1.82, 2.24) is 5.32 Å². The molecule has 2 nitrogen and oxygen atoms in total. The van der Waals surface area contributed by atoms with Crippen LogP contribution < -0.4 is 5.32 Å². The van der Waals surface area contributed by atoms with Crippen molar-refractivity contribution < 1.29 is 5.11 Å². The largest absolute Gasteiger partial charge is 0.393 e. The second-order valence-electron chi connectivity index (χ2n) is 4.61. The van der Waals surface area contributed by atoms with Gasteiger partial charge in [-0.15, -0.1) is 0 Å². The van der Waals surface area contributed by atoms with Gasteiger partial charge in [-0.25, -0.2) is 0 Å². The fourth-order valence-corrected chi connectivity index (χ4v) is 2.26. The molecule has 1 rings (SSSR count). The van der Waals surface area contributed by atoms with Crippen LogP contribution in [0.15, 0.2) is 0 Å². The van der Waals surface area contributed by atoms with Crippen molar-refractivity contribution in [1.29, 1.82) is 0 Å². The zero-order valence-corrected chi connectivity index (χ0v) is 9.63. The highest BCUT2D eigenvalue weighted by Crippen LogP contribution is 2.18. The number of nitrogens with one attached hydrogen (secondary N) is 1. The summed E-state index contributed by atoms with van der Waals surface area (Å²) in [5, 5.41) is 13.1. The first kappa shape index (κ1) is 12.0. The van der Waals surface area contributed by atoms with E-state index in [4.69, 9.17) is 0 Å². The maximum Gasteiger partial charge on any atom is 0.0555 e. The molecule has 0 heterocycles. The quantitative estimate of drug-likeness (QED) is 0.712. The molecule has 1 aliphatic carbocycles. The second-order valence-corrected chi connectivity index (χ2v) is 4.61. The van der Waals surface area contributed by atoms with Crippen molar-refractivity contribution in [2.24, 2.45) is 5.92 Å². The highest BCUT2D eigenvalue weighted by molar-refractivity contribution is 4.78. The normalized spacial score (nSPS) is 28.3. The Hall–Kier alpha value is -0.0800. The molecule has 0 amide bonds.